The van der Waals surface area contributed by atoms with Crippen LogP contribution in [0.15, 0.2) is 88.8 Å². The molecule has 7 nitrogen and oxygen atoms in total. The van der Waals surface area contributed by atoms with Crippen molar-refractivity contribution in [2.24, 2.45) is 4.99 Å². The van der Waals surface area contributed by atoms with E-state index < -0.39 is 4.92 Å². The molecule has 33 heavy (non-hydrogen) atoms. The van der Waals surface area contributed by atoms with Crippen LogP contribution in [0.5, 0.6) is 5.75 Å². The second-order valence-corrected chi connectivity index (χ2v) is 8.30. The predicted molar refractivity (Wildman–Crippen MR) is 130 cm³/mol. The summed E-state index contributed by atoms with van der Waals surface area (Å²) in [6.07, 6.45) is 1.65. The molecule has 166 valence electrons. The van der Waals surface area contributed by atoms with Crippen molar-refractivity contribution >= 4 is 40.3 Å². The average Bonchev–Trinajstić information content (AvgIpc) is 3.13. The van der Waals surface area contributed by atoms with Crippen LogP contribution in [-0.2, 0) is 4.79 Å². The van der Waals surface area contributed by atoms with Crippen molar-refractivity contribution in [3.05, 3.63) is 105 Å². The average molecular weight is 460 g/mol. The summed E-state index contributed by atoms with van der Waals surface area (Å²) < 4.78 is 5.07. The molecule has 0 unspecified atom stereocenters. The van der Waals surface area contributed by atoms with Gasteiger partial charge in [0.1, 0.15) is 0 Å². The quantitative estimate of drug-likeness (QED) is 0.258. The maximum Gasteiger partial charge on any atom is 0.311 e. The molecule has 3 aromatic carbocycles. The van der Waals surface area contributed by atoms with Crippen LogP contribution in [0, 0.1) is 10.1 Å². The van der Waals surface area contributed by atoms with Gasteiger partial charge < -0.3 is 4.74 Å². The highest BCUT2D eigenvalue weighted by Crippen LogP contribution is 2.39. The number of para-hydroxylation sites is 1. The SMILES string of the molecule is COc1ccc(/C=C2/SC(=Nc3ccccc3)N([C@H](C)c3ccccc3)C2=O)cc1[N+](=O)[O-]. The highest BCUT2D eigenvalue weighted by molar-refractivity contribution is 8.18. The molecule has 1 aliphatic heterocycles. The second kappa shape index (κ2) is 9.70. The third-order valence-electron chi connectivity index (χ3n) is 5.18. The molecule has 1 amide bonds. The molecule has 0 bridgehead atoms. The van der Waals surface area contributed by atoms with Crippen LogP contribution in [0.25, 0.3) is 6.08 Å². The lowest BCUT2D eigenvalue weighted by atomic mass is 10.1. The maximum absolute atomic E-state index is 13.5. The molecule has 1 heterocycles. The van der Waals surface area contributed by atoms with E-state index in [9.17, 15) is 14.9 Å². The first-order valence-electron chi connectivity index (χ1n) is 10.2. The Labute approximate surface area is 195 Å². The van der Waals surface area contributed by atoms with Crippen molar-refractivity contribution in [3.8, 4) is 5.75 Å². The number of methoxy groups -OCH3 is 1. The summed E-state index contributed by atoms with van der Waals surface area (Å²) in [6, 6.07) is 23.5. The number of rotatable bonds is 6. The first-order valence-corrected chi connectivity index (χ1v) is 11.0. The van der Waals surface area contributed by atoms with E-state index >= 15 is 0 Å². The molecule has 8 heteroatoms. The van der Waals surface area contributed by atoms with Gasteiger partial charge in [-0.2, -0.15) is 0 Å². The Hall–Kier alpha value is -3.91. The fourth-order valence-electron chi connectivity index (χ4n) is 3.49. The second-order valence-electron chi connectivity index (χ2n) is 7.29. The van der Waals surface area contributed by atoms with Gasteiger partial charge in [0.15, 0.2) is 10.9 Å². The van der Waals surface area contributed by atoms with Gasteiger partial charge in [-0.3, -0.25) is 19.8 Å². The zero-order valence-corrected chi connectivity index (χ0v) is 18.9. The van der Waals surface area contributed by atoms with Crippen LogP contribution >= 0.6 is 11.8 Å². The highest BCUT2D eigenvalue weighted by Gasteiger charge is 2.37. The normalized spacial score (nSPS) is 16.9. The van der Waals surface area contributed by atoms with Gasteiger partial charge in [-0.25, -0.2) is 4.99 Å². The molecule has 1 aliphatic rings. The number of nitro benzene ring substituents is 1. The number of nitrogens with zero attached hydrogens (tertiary/aromatic N) is 3. The number of thioether (sulfide) groups is 1. The van der Waals surface area contributed by atoms with E-state index in [4.69, 9.17) is 9.73 Å². The number of amides is 1. The Bertz CT molecular complexity index is 1240. The Balaban J connectivity index is 1.75. The summed E-state index contributed by atoms with van der Waals surface area (Å²) in [5.41, 5.74) is 2.09. The first kappa shape index (κ1) is 22.3. The van der Waals surface area contributed by atoms with E-state index in [2.05, 4.69) is 0 Å². The van der Waals surface area contributed by atoms with Crippen LogP contribution in [0.4, 0.5) is 11.4 Å². The standard InChI is InChI=1S/C25H21N3O4S/c1-17(19-9-5-3-6-10-19)27-24(29)23(33-25(27)26-20-11-7-4-8-12-20)16-18-13-14-22(32-2)21(15-18)28(30)31/h3-17H,1-2H3/b23-16+,26-25?/t17-/m1/s1. The topological polar surface area (TPSA) is 85.0 Å². The van der Waals surface area contributed by atoms with Gasteiger partial charge in [-0.1, -0.05) is 54.6 Å². The van der Waals surface area contributed by atoms with Crippen molar-refractivity contribution in [1.29, 1.82) is 0 Å². The fraction of sp³-hybridized carbons (Fsp3) is 0.120. The molecule has 0 N–H and O–H groups in total. The molecule has 3 aromatic rings. The van der Waals surface area contributed by atoms with Gasteiger partial charge in [0, 0.05) is 6.07 Å². The summed E-state index contributed by atoms with van der Waals surface area (Å²) in [5, 5.41) is 11.9. The van der Waals surface area contributed by atoms with Crippen LogP contribution in [0.2, 0.25) is 0 Å². The van der Waals surface area contributed by atoms with Crippen LogP contribution in [0.3, 0.4) is 0 Å². The zero-order chi connectivity index (χ0) is 23.4. The molecular formula is C25H21N3O4S. The van der Waals surface area contributed by atoms with Gasteiger partial charge in [-0.15, -0.1) is 0 Å². The Morgan fingerprint density at radius 2 is 1.73 bits per heavy atom. The number of aliphatic imine (C=N–C) groups is 1. The third-order valence-corrected chi connectivity index (χ3v) is 6.17. The molecule has 1 atom stereocenters. The lowest BCUT2D eigenvalue weighted by Crippen LogP contribution is -2.32. The molecule has 4 rings (SSSR count). The highest BCUT2D eigenvalue weighted by atomic mass is 32.2. The number of carbonyl (C=O) groups excluding carboxylic acids is 1. The van der Waals surface area contributed by atoms with Gasteiger partial charge in [0.05, 0.1) is 28.7 Å². The summed E-state index contributed by atoms with van der Waals surface area (Å²) in [6.45, 7) is 1.95. The summed E-state index contributed by atoms with van der Waals surface area (Å²) >= 11 is 1.25. The summed E-state index contributed by atoms with van der Waals surface area (Å²) in [5.74, 6) is -0.0392. The molecule has 0 saturated carbocycles. The summed E-state index contributed by atoms with van der Waals surface area (Å²) in [7, 11) is 1.38. The van der Waals surface area contributed by atoms with Gasteiger partial charge in [0.25, 0.3) is 5.91 Å². The lowest BCUT2D eigenvalue weighted by Gasteiger charge is -2.24. The van der Waals surface area contributed by atoms with Crippen LogP contribution in [-0.4, -0.2) is 28.0 Å². The minimum atomic E-state index is -0.503. The van der Waals surface area contributed by atoms with Gasteiger partial charge in [0.2, 0.25) is 0 Å². The molecule has 0 spiro atoms. The number of carbonyl (C=O) groups is 1. The van der Waals surface area contributed by atoms with Crippen molar-refractivity contribution in [2.75, 3.05) is 7.11 Å². The van der Waals surface area contributed by atoms with Crippen molar-refractivity contribution in [3.63, 3.8) is 0 Å². The molecule has 0 radical (unpaired) electrons. The van der Waals surface area contributed by atoms with Crippen LogP contribution in [0.1, 0.15) is 24.1 Å². The Morgan fingerprint density at radius 3 is 2.36 bits per heavy atom. The van der Waals surface area contributed by atoms with E-state index in [0.29, 0.717) is 15.6 Å². The smallest absolute Gasteiger partial charge is 0.311 e. The van der Waals surface area contributed by atoms with Crippen molar-refractivity contribution in [2.45, 2.75) is 13.0 Å². The fourth-order valence-corrected chi connectivity index (χ4v) is 4.56. The number of amidine groups is 1. The van der Waals surface area contributed by atoms with Gasteiger partial charge >= 0.3 is 5.69 Å². The first-order chi connectivity index (χ1) is 16.0. The summed E-state index contributed by atoms with van der Waals surface area (Å²) in [4.78, 5) is 31.2. The third kappa shape index (κ3) is 4.80. The van der Waals surface area contributed by atoms with E-state index in [1.54, 1.807) is 17.0 Å². The largest absolute Gasteiger partial charge is 0.490 e. The van der Waals surface area contributed by atoms with E-state index in [1.165, 1.54) is 31.0 Å². The number of hydrogen-bond donors (Lipinski definition) is 0. The minimum absolute atomic E-state index is 0.157. The minimum Gasteiger partial charge on any atom is -0.490 e. The van der Waals surface area contributed by atoms with Crippen LogP contribution < -0.4 is 4.74 Å². The molecule has 1 fully saturated rings. The predicted octanol–water partition coefficient (Wildman–Crippen LogP) is 5.97. The Morgan fingerprint density at radius 1 is 1.06 bits per heavy atom. The molecule has 0 aromatic heterocycles. The van der Waals surface area contributed by atoms with E-state index in [0.717, 1.165) is 11.3 Å². The zero-order valence-electron chi connectivity index (χ0n) is 18.0. The number of ether oxygens (including phenoxy) is 1. The van der Waals surface area contributed by atoms with Crippen molar-refractivity contribution in [1.82, 2.24) is 4.90 Å². The molecular weight excluding hydrogens is 438 g/mol. The molecule has 1 saturated heterocycles. The number of nitro groups is 1. The lowest BCUT2D eigenvalue weighted by molar-refractivity contribution is -0.385. The Kier molecular flexibility index (Phi) is 6.55. The number of hydrogen-bond acceptors (Lipinski definition) is 6. The van der Waals surface area contributed by atoms with E-state index in [-0.39, 0.29) is 23.4 Å². The van der Waals surface area contributed by atoms with E-state index in [1.807, 2.05) is 67.6 Å². The monoisotopic (exact) mass is 459 g/mol. The number of benzene rings is 3. The van der Waals surface area contributed by atoms with Gasteiger partial charge in [-0.05, 0) is 54.1 Å². The van der Waals surface area contributed by atoms with Crippen molar-refractivity contribution < 1.29 is 14.5 Å². The molecule has 0 aliphatic carbocycles. The maximum atomic E-state index is 13.5.